The van der Waals surface area contributed by atoms with E-state index in [0.29, 0.717) is 42.3 Å². The van der Waals surface area contributed by atoms with E-state index in [1.807, 2.05) is 0 Å². The van der Waals surface area contributed by atoms with E-state index in [1.54, 1.807) is 24.3 Å². The van der Waals surface area contributed by atoms with Gasteiger partial charge in [0, 0.05) is 42.3 Å². The van der Waals surface area contributed by atoms with E-state index in [1.165, 1.54) is 33.5 Å². The number of benzene rings is 2. The molecule has 2 saturated heterocycles. The first kappa shape index (κ1) is 20.8. The highest BCUT2D eigenvalue weighted by Gasteiger charge is 2.36. The lowest BCUT2D eigenvalue weighted by molar-refractivity contribution is -0.128. The minimum atomic E-state index is -3.55. The standard InChI is InChI=1S/C21H22ClN3O4S/c22-18-6-2-1-5-17(18)19-20(26)23-11-14-25(19)21(27)15-7-9-16(10-8-15)30(28,29)24-12-3-4-13-24/h1-2,5-10,19H,3-4,11-14H2,(H,23,26). The van der Waals surface area contributed by atoms with E-state index in [4.69, 9.17) is 11.6 Å². The Morgan fingerprint density at radius 1 is 1.00 bits per heavy atom. The molecule has 1 unspecified atom stereocenters. The van der Waals surface area contributed by atoms with Gasteiger partial charge in [-0.15, -0.1) is 0 Å². The molecule has 2 heterocycles. The highest BCUT2D eigenvalue weighted by Crippen LogP contribution is 2.30. The Morgan fingerprint density at radius 3 is 2.33 bits per heavy atom. The number of piperazine rings is 1. The molecule has 7 nitrogen and oxygen atoms in total. The molecule has 1 N–H and O–H groups in total. The quantitative estimate of drug-likeness (QED) is 0.779. The molecule has 158 valence electrons. The van der Waals surface area contributed by atoms with E-state index >= 15 is 0 Å². The number of halogens is 1. The number of nitrogens with one attached hydrogen (secondary N) is 1. The van der Waals surface area contributed by atoms with Crippen LogP contribution < -0.4 is 5.32 Å². The second kappa shape index (κ2) is 8.37. The van der Waals surface area contributed by atoms with Gasteiger partial charge in [-0.25, -0.2) is 8.42 Å². The Bertz CT molecular complexity index is 1070. The van der Waals surface area contributed by atoms with Crippen LogP contribution in [0.4, 0.5) is 0 Å². The van der Waals surface area contributed by atoms with Crippen molar-refractivity contribution in [3.8, 4) is 0 Å². The third-order valence-corrected chi connectivity index (χ3v) is 7.73. The number of rotatable bonds is 4. The lowest BCUT2D eigenvalue weighted by Crippen LogP contribution is -2.52. The summed E-state index contributed by atoms with van der Waals surface area (Å²) in [6.45, 7) is 1.71. The van der Waals surface area contributed by atoms with Gasteiger partial charge in [-0.1, -0.05) is 29.8 Å². The maximum atomic E-state index is 13.2. The number of amides is 2. The van der Waals surface area contributed by atoms with Crippen molar-refractivity contribution in [1.29, 1.82) is 0 Å². The Balaban J connectivity index is 1.61. The summed E-state index contributed by atoms with van der Waals surface area (Å²) in [6, 6.07) is 12.0. The molecule has 2 amide bonds. The van der Waals surface area contributed by atoms with Gasteiger partial charge in [0.05, 0.1) is 4.90 Å². The third kappa shape index (κ3) is 3.82. The number of carbonyl (C=O) groups excluding carboxylic acids is 2. The summed E-state index contributed by atoms with van der Waals surface area (Å²) >= 11 is 6.28. The summed E-state index contributed by atoms with van der Waals surface area (Å²) < 4.78 is 26.9. The van der Waals surface area contributed by atoms with Crippen molar-refractivity contribution in [2.24, 2.45) is 0 Å². The minimum absolute atomic E-state index is 0.167. The molecule has 0 spiro atoms. The average molecular weight is 448 g/mol. The normalized spacial score (nSPS) is 20.2. The van der Waals surface area contributed by atoms with Gasteiger partial charge in [0.25, 0.3) is 5.91 Å². The fraction of sp³-hybridized carbons (Fsp3) is 0.333. The minimum Gasteiger partial charge on any atom is -0.352 e. The largest absolute Gasteiger partial charge is 0.352 e. The van der Waals surface area contributed by atoms with E-state index in [-0.39, 0.29) is 16.7 Å². The fourth-order valence-electron chi connectivity index (χ4n) is 3.90. The zero-order chi connectivity index (χ0) is 21.3. The van der Waals surface area contributed by atoms with Crippen LogP contribution in [0.15, 0.2) is 53.4 Å². The Hall–Kier alpha value is -2.42. The maximum Gasteiger partial charge on any atom is 0.254 e. The molecule has 30 heavy (non-hydrogen) atoms. The Labute approximate surface area is 180 Å². The number of carbonyl (C=O) groups is 2. The summed E-state index contributed by atoms with van der Waals surface area (Å²) in [5, 5.41) is 3.18. The van der Waals surface area contributed by atoms with Gasteiger partial charge in [-0.05, 0) is 43.2 Å². The predicted octanol–water partition coefficient (Wildman–Crippen LogP) is 2.44. The molecule has 0 saturated carbocycles. The van der Waals surface area contributed by atoms with Crippen LogP contribution in [-0.4, -0.2) is 55.6 Å². The van der Waals surface area contributed by atoms with Crippen molar-refractivity contribution in [2.75, 3.05) is 26.2 Å². The number of nitrogens with zero attached hydrogens (tertiary/aromatic N) is 2. The van der Waals surface area contributed by atoms with Crippen LogP contribution in [0.3, 0.4) is 0 Å². The molecule has 1 atom stereocenters. The van der Waals surface area contributed by atoms with E-state index in [0.717, 1.165) is 12.8 Å². The van der Waals surface area contributed by atoms with Crippen LogP contribution in [0.2, 0.25) is 5.02 Å². The summed E-state index contributed by atoms with van der Waals surface area (Å²) in [5.74, 6) is -0.643. The molecule has 4 rings (SSSR count). The van der Waals surface area contributed by atoms with Gasteiger partial charge in [0.2, 0.25) is 15.9 Å². The van der Waals surface area contributed by atoms with Crippen LogP contribution in [0, 0.1) is 0 Å². The average Bonchev–Trinajstić information content (AvgIpc) is 3.30. The van der Waals surface area contributed by atoms with E-state index < -0.39 is 16.1 Å². The lowest BCUT2D eigenvalue weighted by Gasteiger charge is -2.35. The zero-order valence-electron chi connectivity index (χ0n) is 16.3. The van der Waals surface area contributed by atoms with Crippen molar-refractivity contribution in [3.63, 3.8) is 0 Å². The van der Waals surface area contributed by atoms with Crippen LogP contribution in [0.25, 0.3) is 0 Å². The first-order valence-corrected chi connectivity index (χ1v) is 11.6. The van der Waals surface area contributed by atoms with Crippen molar-refractivity contribution in [3.05, 3.63) is 64.7 Å². The lowest BCUT2D eigenvalue weighted by atomic mass is 10.0. The molecule has 2 aliphatic heterocycles. The monoisotopic (exact) mass is 447 g/mol. The molecule has 0 aliphatic carbocycles. The summed E-state index contributed by atoms with van der Waals surface area (Å²) in [4.78, 5) is 27.4. The van der Waals surface area contributed by atoms with E-state index in [2.05, 4.69) is 5.32 Å². The molecular formula is C21H22ClN3O4S. The number of hydrogen-bond acceptors (Lipinski definition) is 4. The highest BCUT2D eigenvalue weighted by molar-refractivity contribution is 7.89. The number of hydrogen-bond donors (Lipinski definition) is 1. The van der Waals surface area contributed by atoms with Crippen molar-refractivity contribution in [2.45, 2.75) is 23.8 Å². The summed E-state index contributed by atoms with van der Waals surface area (Å²) in [5.41, 5.74) is 0.875. The number of sulfonamides is 1. The molecule has 9 heteroatoms. The molecular weight excluding hydrogens is 426 g/mol. The van der Waals surface area contributed by atoms with Crippen molar-refractivity contribution >= 4 is 33.4 Å². The first-order chi connectivity index (χ1) is 14.4. The molecule has 2 aromatic carbocycles. The van der Waals surface area contributed by atoms with Crippen molar-refractivity contribution < 1.29 is 18.0 Å². The van der Waals surface area contributed by atoms with Crippen LogP contribution in [-0.2, 0) is 14.8 Å². The zero-order valence-corrected chi connectivity index (χ0v) is 17.8. The summed E-state index contributed by atoms with van der Waals surface area (Å²) in [7, 11) is -3.55. The molecule has 0 radical (unpaired) electrons. The van der Waals surface area contributed by atoms with Crippen LogP contribution >= 0.6 is 11.6 Å². The fourth-order valence-corrected chi connectivity index (χ4v) is 5.66. The second-order valence-electron chi connectivity index (χ2n) is 7.35. The Kier molecular flexibility index (Phi) is 5.81. The van der Waals surface area contributed by atoms with Gasteiger partial charge in [0.1, 0.15) is 6.04 Å². The second-order valence-corrected chi connectivity index (χ2v) is 9.69. The SMILES string of the molecule is O=C1NCCN(C(=O)c2ccc(S(=O)(=O)N3CCCC3)cc2)C1c1ccccc1Cl. The van der Waals surface area contributed by atoms with Crippen LogP contribution in [0.5, 0.6) is 0 Å². The van der Waals surface area contributed by atoms with Crippen LogP contribution in [0.1, 0.15) is 34.8 Å². The molecule has 2 aromatic rings. The third-order valence-electron chi connectivity index (χ3n) is 5.48. The smallest absolute Gasteiger partial charge is 0.254 e. The van der Waals surface area contributed by atoms with Gasteiger partial charge in [-0.3, -0.25) is 9.59 Å². The predicted molar refractivity (Wildman–Crippen MR) is 113 cm³/mol. The van der Waals surface area contributed by atoms with Gasteiger partial charge >= 0.3 is 0 Å². The molecule has 0 aromatic heterocycles. The molecule has 0 bridgehead atoms. The Morgan fingerprint density at radius 2 is 1.67 bits per heavy atom. The van der Waals surface area contributed by atoms with Gasteiger partial charge < -0.3 is 10.2 Å². The first-order valence-electron chi connectivity index (χ1n) is 9.83. The summed E-state index contributed by atoms with van der Waals surface area (Å²) in [6.07, 6.45) is 1.71. The van der Waals surface area contributed by atoms with Gasteiger partial charge in [-0.2, -0.15) is 4.31 Å². The topological polar surface area (TPSA) is 86.8 Å². The maximum absolute atomic E-state index is 13.2. The van der Waals surface area contributed by atoms with Crippen molar-refractivity contribution in [1.82, 2.24) is 14.5 Å². The molecule has 2 fully saturated rings. The van der Waals surface area contributed by atoms with E-state index in [9.17, 15) is 18.0 Å². The highest BCUT2D eigenvalue weighted by atomic mass is 35.5. The van der Waals surface area contributed by atoms with Gasteiger partial charge in [0.15, 0.2) is 0 Å². The molecule has 2 aliphatic rings.